The van der Waals surface area contributed by atoms with Gasteiger partial charge in [0.2, 0.25) is 5.91 Å². The van der Waals surface area contributed by atoms with E-state index in [0.717, 1.165) is 31.4 Å². The van der Waals surface area contributed by atoms with Gasteiger partial charge in [-0.25, -0.2) is 0 Å². The van der Waals surface area contributed by atoms with Crippen molar-refractivity contribution in [3.63, 3.8) is 0 Å². The second-order valence-electron chi connectivity index (χ2n) is 4.81. The van der Waals surface area contributed by atoms with Gasteiger partial charge >= 0.3 is 0 Å². The zero-order valence-corrected chi connectivity index (χ0v) is 12.3. The van der Waals surface area contributed by atoms with Crippen LogP contribution in [0.2, 0.25) is 0 Å². The summed E-state index contributed by atoms with van der Waals surface area (Å²) in [7, 11) is 0. The molecule has 1 unspecified atom stereocenters. The number of hydrogen-bond acceptors (Lipinski definition) is 3. The summed E-state index contributed by atoms with van der Waals surface area (Å²) >= 11 is 0. The van der Waals surface area contributed by atoms with Crippen molar-refractivity contribution in [3.8, 4) is 0 Å². The summed E-state index contributed by atoms with van der Waals surface area (Å²) in [6.07, 6.45) is 3.07. The molecule has 1 atom stereocenters. The molecular weight excluding hydrogens is 252 g/mol. The maximum Gasteiger partial charge on any atom is 0.228 e. The Morgan fingerprint density at radius 1 is 1.25 bits per heavy atom. The van der Waals surface area contributed by atoms with E-state index in [9.17, 15) is 4.79 Å². The van der Waals surface area contributed by atoms with Crippen LogP contribution in [-0.2, 0) is 9.53 Å². The summed E-state index contributed by atoms with van der Waals surface area (Å²) in [5.41, 5.74) is 6.67. The van der Waals surface area contributed by atoms with Gasteiger partial charge in [-0.2, -0.15) is 0 Å². The van der Waals surface area contributed by atoms with Gasteiger partial charge in [-0.15, -0.1) is 0 Å². The van der Waals surface area contributed by atoms with Crippen molar-refractivity contribution in [2.75, 3.05) is 26.3 Å². The standard InChI is InChI=1S/C16H26N2O2/c1-2-3-11-20-12-7-10-18-16(19)15(13-17)14-8-5-4-6-9-14/h4-6,8-9,15H,2-3,7,10-13,17H2,1H3,(H,18,19). The van der Waals surface area contributed by atoms with Crippen LogP contribution in [0.3, 0.4) is 0 Å². The van der Waals surface area contributed by atoms with E-state index < -0.39 is 0 Å². The highest BCUT2D eigenvalue weighted by Crippen LogP contribution is 2.13. The van der Waals surface area contributed by atoms with Crippen molar-refractivity contribution in [2.45, 2.75) is 32.1 Å². The van der Waals surface area contributed by atoms with E-state index in [1.54, 1.807) is 0 Å². The van der Waals surface area contributed by atoms with Gasteiger partial charge in [-0.05, 0) is 18.4 Å². The molecule has 1 rings (SSSR count). The molecule has 0 aliphatic heterocycles. The van der Waals surface area contributed by atoms with Crippen molar-refractivity contribution in [1.82, 2.24) is 5.32 Å². The highest BCUT2D eigenvalue weighted by Gasteiger charge is 2.17. The topological polar surface area (TPSA) is 64.3 Å². The highest BCUT2D eigenvalue weighted by molar-refractivity contribution is 5.83. The van der Waals surface area contributed by atoms with Crippen molar-refractivity contribution >= 4 is 5.91 Å². The third-order valence-corrected chi connectivity index (χ3v) is 3.16. The van der Waals surface area contributed by atoms with Crippen LogP contribution >= 0.6 is 0 Å². The molecule has 0 spiro atoms. The second kappa shape index (κ2) is 10.4. The minimum atomic E-state index is -0.266. The molecule has 1 aromatic carbocycles. The SMILES string of the molecule is CCCCOCCCNC(=O)C(CN)c1ccccc1. The molecule has 0 aliphatic rings. The number of benzene rings is 1. The summed E-state index contributed by atoms with van der Waals surface area (Å²) in [6, 6.07) is 9.65. The molecule has 1 amide bonds. The maximum atomic E-state index is 12.1. The lowest BCUT2D eigenvalue weighted by Crippen LogP contribution is -2.34. The van der Waals surface area contributed by atoms with Gasteiger partial charge in [-0.3, -0.25) is 4.79 Å². The first-order valence-corrected chi connectivity index (χ1v) is 7.40. The molecule has 4 nitrogen and oxygen atoms in total. The van der Waals surface area contributed by atoms with Gasteiger partial charge in [0, 0.05) is 26.3 Å². The van der Waals surface area contributed by atoms with E-state index in [-0.39, 0.29) is 11.8 Å². The summed E-state index contributed by atoms with van der Waals surface area (Å²) in [5, 5.41) is 2.92. The zero-order valence-electron chi connectivity index (χ0n) is 12.3. The molecule has 0 aromatic heterocycles. The predicted octanol–water partition coefficient (Wildman–Crippen LogP) is 2.05. The summed E-state index contributed by atoms with van der Waals surface area (Å²) in [6.45, 7) is 4.59. The normalized spacial score (nSPS) is 12.1. The smallest absolute Gasteiger partial charge is 0.228 e. The van der Waals surface area contributed by atoms with Crippen molar-refractivity contribution < 1.29 is 9.53 Å². The number of rotatable bonds is 10. The highest BCUT2D eigenvalue weighted by atomic mass is 16.5. The fourth-order valence-corrected chi connectivity index (χ4v) is 1.94. The van der Waals surface area contributed by atoms with Crippen LogP contribution in [-0.4, -0.2) is 32.2 Å². The molecule has 0 radical (unpaired) electrons. The number of carbonyl (C=O) groups excluding carboxylic acids is 1. The monoisotopic (exact) mass is 278 g/mol. The lowest BCUT2D eigenvalue weighted by atomic mass is 9.98. The van der Waals surface area contributed by atoms with Gasteiger partial charge < -0.3 is 15.8 Å². The molecule has 0 fully saturated rings. The van der Waals surface area contributed by atoms with E-state index in [2.05, 4.69) is 12.2 Å². The van der Waals surface area contributed by atoms with Crippen LogP contribution in [0.15, 0.2) is 30.3 Å². The summed E-state index contributed by atoms with van der Waals surface area (Å²) in [5.74, 6) is -0.274. The Hall–Kier alpha value is -1.39. The number of nitrogens with two attached hydrogens (primary N) is 1. The molecule has 1 aromatic rings. The third kappa shape index (κ3) is 6.17. The van der Waals surface area contributed by atoms with E-state index in [4.69, 9.17) is 10.5 Å². The number of amides is 1. The Bertz CT molecular complexity index is 368. The molecule has 0 saturated heterocycles. The van der Waals surface area contributed by atoms with E-state index in [1.165, 1.54) is 0 Å². The number of carbonyl (C=O) groups is 1. The van der Waals surface area contributed by atoms with Crippen molar-refractivity contribution in [3.05, 3.63) is 35.9 Å². The van der Waals surface area contributed by atoms with Gasteiger partial charge in [0.25, 0.3) is 0 Å². The number of ether oxygens (including phenoxy) is 1. The number of hydrogen-bond donors (Lipinski definition) is 2. The zero-order chi connectivity index (χ0) is 14.6. The van der Waals surface area contributed by atoms with Gasteiger partial charge in [-0.1, -0.05) is 43.7 Å². The van der Waals surface area contributed by atoms with E-state index in [1.807, 2.05) is 30.3 Å². The molecule has 0 aliphatic carbocycles. The lowest BCUT2D eigenvalue weighted by Gasteiger charge is -2.15. The van der Waals surface area contributed by atoms with Gasteiger partial charge in [0.1, 0.15) is 0 Å². The number of unbranched alkanes of at least 4 members (excludes halogenated alkanes) is 1. The fraction of sp³-hybridized carbons (Fsp3) is 0.562. The minimum absolute atomic E-state index is 0.00717. The maximum absolute atomic E-state index is 12.1. The molecule has 0 heterocycles. The average Bonchev–Trinajstić information content (AvgIpc) is 2.48. The first kappa shape index (κ1) is 16.7. The molecule has 0 saturated carbocycles. The summed E-state index contributed by atoms with van der Waals surface area (Å²) < 4.78 is 5.45. The van der Waals surface area contributed by atoms with Crippen molar-refractivity contribution in [2.24, 2.45) is 5.73 Å². The van der Waals surface area contributed by atoms with Crippen molar-refractivity contribution in [1.29, 1.82) is 0 Å². The van der Waals surface area contributed by atoms with E-state index >= 15 is 0 Å². The van der Waals surface area contributed by atoms with Gasteiger partial charge in [0.05, 0.1) is 5.92 Å². The second-order valence-corrected chi connectivity index (χ2v) is 4.81. The molecule has 3 N–H and O–H groups in total. The predicted molar refractivity (Wildman–Crippen MR) is 81.6 cm³/mol. The minimum Gasteiger partial charge on any atom is -0.381 e. The van der Waals surface area contributed by atoms with Crippen LogP contribution < -0.4 is 11.1 Å². The first-order valence-electron chi connectivity index (χ1n) is 7.40. The Morgan fingerprint density at radius 3 is 2.60 bits per heavy atom. The number of nitrogens with one attached hydrogen (secondary N) is 1. The molecule has 20 heavy (non-hydrogen) atoms. The lowest BCUT2D eigenvalue weighted by molar-refractivity contribution is -0.122. The molecular formula is C16H26N2O2. The fourth-order valence-electron chi connectivity index (χ4n) is 1.94. The van der Waals surface area contributed by atoms with Crippen LogP contribution in [0.5, 0.6) is 0 Å². The van der Waals surface area contributed by atoms with E-state index in [0.29, 0.717) is 19.7 Å². The molecule has 0 bridgehead atoms. The van der Waals surface area contributed by atoms with Crippen LogP contribution in [0, 0.1) is 0 Å². The largest absolute Gasteiger partial charge is 0.381 e. The van der Waals surface area contributed by atoms with Crippen LogP contribution in [0.1, 0.15) is 37.7 Å². The van der Waals surface area contributed by atoms with Crippen LogP contribution in [0.25, 0.3) is 0 Å². The first-order chi connectivity index (χ1) is 9.79. The molecule has 112 valence electrons. The Balaban J connectivity index is 2.24. The third-order valence-electron chi connectivity index (χ3n) is 3.16. The average molecular weight is 278 g/mol. The quantitative estimate of drug-likeness (QED) is 0.644. The molecule has 4 heteroatoms. The van der Waals surface area contributed by atoms with Crippen LogP contribution in [0.4, 0.5) is 0 Å². The Morgan fingerprint density at radius 2 is 1.95 bits per heavy atom. The van der Waals surface area contributed by atoms with Gasteiger partial charge in [0.15, 0.2) is 0 Å². The Labute approximate surface area is 121 Å². The summed E-state index contributed by atoms with van der Waals surface area (Å²) in [4.78, 5) is 12.1. The Kier molecular flexibility index (Phi) is 8.67.